The smallest absolute Gasteiger partial charge is 0.375 e. The molecule has 1 fully saturated rings. The van der Waals surface area contributed by atoms with E-state index in [1.54, 1.807) is 0 Å². The molecule has 1 amide bonds. The first kappa shape index (κ1) is 11.3. The molecular formula is C9H14ClNO3. The highest BCUT2D eigenvalue weighted by Crippen LogP contribution is 2.20. The van der Waals surface area contributed by atoms with Crippen LogP contribution >= 0.6 is 11.6 Å². The van der Waals surface area contributed by atoms with E-state index < -0.39 is 18.1 Å². The van der Waals surface area contributed by atoms with Gasteiger partial charge in [0.15, 0.2) is 0 Å². The van der Waals surface area contributed by atoms with Crippen molar-refractivity contribution in [1.29, 1.82) is 0 Å². The second-order valence-electron chi connectivity index (χ2n) is 3.61. The van der Waals surface area contributed by atoms with Crippen LogP contribution in [0.3, 0.4) is 0 Å². The van der Waals surface area contributed by atoms with E-state index in [1.165, 1.54) is 4.90 Å². The summed E-state index contributed by atoms with van der Waals surface area (Å²) in [5.41, 5.74) is 0. The van der Waals surface area contributed by atoms with Gasteiger partial charge in [0, 0.05) is 12.4 Å². The number of hydrogen-bond acceptors (Lipinski definition) is 3. The zero-order valence-corrected chi connectivity index (χ0v) is 9.08. The van der Waals surface area contributed by atoms with Crippen LogP contribution in [0.5, 0.6) is 0 Å². The second kappa shape index (κ2) is 4.64. The zero-order valence-electron chi connectivity index (χ0n) is 8.33. The molecule has 5 heteroatoms. The summed E-state index contributed by atoms with van der Waals surface area (Å²) in [7, 11) is 0. The number of halogens is 1. The Bertz CT molecular complexity index is 242. The van der Waals surface area contributed by atoms with Crippen molar-refractivity contribution in [2.24, 2.45) is 5.92 Å². The summed E-state index contributed by atoms with van der Waals surface area (Å²) in [6.07, 6.45) is 0.131. The third-order valence-corrected chi connectivity index (χ3v) is 2.43. The lowest BCUT2D eigenvalue weighted by Gasteiger charge is -2.21. The van der Waals surface area contributed by atoms with Crippen LogP contribution < -0.4 is 0 Å². The number of hydrogen-bond donors (Lipinski definition) is 0. The van der Waals surface area contributed by atoms with E-state index in [0.29, 0.717) is 18.8 Å². The third kappa shape index (κ3) is 2.18. The van der Waals surface area contributed by atoms with Gasteiger partial charge in [0.1, 0.15) is 6.04 Å². The molecule has 1 saturated heterocycles. The van der Waals surface area contributed by atoms with Crippen molar-refractivity contribution in [2.75, 3.05) is 12.4 Å². The molecule has 0 aromatic rings. The average molecular weight is 220 g/mol. The highest BCUT2D eigenvalue weighted by atomic mass is 35.5. The molecule has 0 saturated carbocycles. The van der Waals surface area contributed by atoms with Crippen molar-refractivity contribution in [2.45, 2.75) is 26.3 Å². The molecule has 1 heterocycles. The van der Waals surface area contributed by atoms with Crippen molar-refractivity contribution < 1.29 is 14.3 Å². The maximum atomic E-state index is 11.3. The van der Waals surface area contributed by atoms with Crippen LogP contribution in [0.1, 0.15) is 20.3 Å². The van der Waals surface area contributed by atoms with Crippen LogP contribution in [0, 0.1) is 5.92 Å². The molecule has 4 nitrogen and oxygen atoms in total. The lowest BCUT2D eigenvalue weighted by atomic mass is 10.0. The molecular weight excluding hydrogens is 206 g/mol. The van der Waals surface area contributed by atoms with Gasteiger partial charge in [-0.05, 0) is 12.3 Å². The molecule has 0 bridgehead atoms. The fraction of sp³-hybridized carbons (Fsp3) is 0.778. The van der Waals surface area contributed by atoms with Gasteiger partial charge in [-0.3, -0.25) is 4.90 Å². The second-order valence-corrected chi connectivity index (χ2v) is 3.99. The van der Waals surface area contributed by atoms with E-state index in [1.807, 2.05) is 13.8 Å². The van der Waals surface area contributed by atoms with Crippen LogP contribution in [0.4, 0.5) is 4.79 Å². The van der Waals surface area contributed by atoms with Gasteiger partial charge in [-0.25, -0.2) is 9.59 Å². The maximum Gasteiger partial charge on any atom is 0.418 e. The number of amides is 1. The Morgan fingerprint density at radius 2 is 2.14 bits per heavy atom. The minimum Gasteiger partial charge on any atom is -0.375 e. The number of cyclic esters (lactones) is 2. The van der Waals surface area contributed by atoms with E-state index in [2.05, 4.69) is 4.74 Å². The summed E-state index contributed by atoms with van der Waals surface area (Å²) < 4.78 is 4.55. The van der Waals surface area contributed by atoms with E-state index in [9.17, 15) is 9.59 Å². The molecule has 1 aliphatic heterocycles. The maximum absolute atomic E-state index is 11.3. The minimum atomic E-state index is -0.543. The summed E-state index contributed by atoms with van der Waals surface area (Å²) >= 11 is 5.53. The van der Waals surface area contributed by atoms with Crippen molar-refractivity contribution in [3.8, 4) is 0 Å². The summed E-state index contributed by atoms with van der Waals surface area (Å²) in [5, 5.41) is 0. The Morgan fingerprint density at radius 1 is 1.50 bits per heavy atom. The fourth-order valence-electron chi connectivity index (χ4n) is 1.54. The first-order valence-corrected chi connectivity index (χ1v) is 5.19. The monoisotopic (exact) mass is 219 g/mol. The van der Waals surface area contributed by atoms with Gasteiger partial charge in [0.2, 0.25) is 0 Å². The van der Waals surface area contributed by atoms with E-state index in [-0.39, 0.29) is 5.92 Å². The van der Waals surface area contributed by atoms with Crippen LogP contribution in [0.2, 0.25) is 0 Å². The van der Waals surface area contributed by atoms with Crippen molar-refractivity contribution in [3.63, 3.8) is 0 Å². The Labute approximate surface area is 88.2 Å². The van der Waals surface area contributed by atoms with Crippen molar-refractivity contribution in [1.82, 2.24) is 4.90 Å². The highest BCUT2D eigenvalue weighted by Gasteiger charge is 2.42. The van der Waals surface area contributed by atoms with Crippen LogP contribution in [0.15, 0.2) is 0 Å². The molecule has 0 N–H and O–H groups in total. The van der Waals surface area contributed by atoms with Crippen molar-refractivity contribution >= 4 is 23.7 Å². The summed E-state index contributed by atoms with van der Waals surface area (Å²) in [4.78, 5) is 24.0. The molecule has 0 unspecified atom stereocenters. The number of carbonyl (C=O) groups is 2. The first-order chi connectivity index (χ1) is 6.57. The number of ether oxygens (including phenoxy) is 1. The molecule has 1 aliphatic rings. The Hall–Kier alpha value is -0.770. The number of esters is 1. The van der Waals surface area contributed by atoms with E-state index in [4.69, 9.17) is 11.6 Å². The lowest BCUT2D eigenvalue weighted by Crippen LogP contribution is -2.39. The molecule has 0 aromatic carbocycles. The van der Waals surface area contributed by atoms with Gasteiger partial charge in [-0.15, -0.1) is 11.6 Å². The van der Waals surface area contributed by atoms with Gasteiger partial charge >= 0.3 is 12.1 Å². The quantitative estimate of drug-likeness (QED) is 0.410. The van der Waals surface area contributed by atoms with Crippen molar-refractivity contribution in [3.05, 3.63) is 0 Å². The molecule has 80 valence electrons. The predicted octanol–water partition coefficient (Wildman–Crippen LogP) is 1.62. The lowest BCUT2D eigenvalue weighted by molar-refractivity contribution is -0.136. The molecule has 1 atom stereocenters. The Kier molecular flexibility index (Phi) is 3.75. The normalized spacial score (nSPS) is 22.0. The van der Waals surface area contributed by atoms with Crippen LogP contribution in [-0.2, 0) is 9.53 Å². The SMILES string of the molecule is CC(C)[C@@H]1C(=O)OC(=O)N1CCCCl. The summed E-state index contributed by atoms with van der Waals surface area (Å²) in [6, 6.07) is -0.439. The third-order valence-electron chi connectivity index (χ3n) is 2.16. The Balaban J connectivity index is 2.68. The zero-order chi connectivity index (χ0) is 10.7. The minimum absolute atomic E-state index is 0.0734. The van der Waals surface area contributed by atoms with Gasteiger partial charge in [0.05, 0.1) is 0 Å². The number of alkyl halides is 1. The summed E-state index contributed by atoms with van der Waals surface area (Å²) in [6.45, 7) is 4.26. The predicted molar refractivity (Wildman–Crippen MR) is 52.2 cm³/mol. The van der Waals surface area contributed by atoms with Crippen LogP contribution in [-0.4, -0.2) is 35.4 Å². The Morgan fingerprint density at radius 3 is 2.64 bits per heavy atom. The largest absolute Gasteiger partial charge is 0.418 e. The number of carbonyl (C=O) groups excluding carboxylic acids is 2. The first-order valence-electron chi connectivity index (χ1n) is 4.66. The van der Waals surface area contributed by atoms with Gasteiger partial charge in [-0.2, -0.15) is 0 Å². The fourth-order valence-corrected chi connectivity index (χ4v) is 1.66. The average Bonchev–Trinajstić information content (AvgIpc) is 2.37. The standard InChI is InChI=1S/C9H14ClNO3/c1-6(2)7-8(12)14-9(13)11(7)5-3-4-10/h6-7H,3-5H2,1-2H3/t7-/m1/s1. The topological polar surface area (TPSA) is 46.6 Å². The molecule has 0 spiro atoms. The van der Waals surface area contributed by atoms with E-state index >= 15 is 0 Å². The number of rotatable bonds is 4. The molecule has 0 aromatic heterocycles. The molecule has 1 rings (SSSR count). The highest BCUT2D eigenvalue weighted by molar-refractivity contribution is 6.17. The van der Waals surface area contributed by atoms with E-state index in [0.717, 1.165) is 0 Å². The molecule has 0 radical (unpaired) electrons. The molecule has 0 aliphatic carbocycles. The van der Waals surface area contributed by atoms with Crippen LogP contribution in [0.25, 0.3) is 0 Å². The number of nitrogens with zero attached hydrogens (tertiary/aromatic N) is 1. The van der Waals surface area contributed by atoms with Gasteiger partial charge in [-0.1, -0.05) is 13.8 Å². The summed E-state index contributed by atoms with van der Waals surface area (Å²) in [5.74, 6) is 0.104. The molecule has 14 heavy (non-hydrogen) atoms. The van der Waals surface area contributed by atoms with Gasteiger partial charge < -0.3 is 4.74 Å². The van der Waals surface area contributed by atoms with Gasteiger partial charge in [0.25, 0.3) is 0 Å².